The van der Waals surface area contributed by atoms with Crippen molar-refractivity contribution in [3.63, 3.8) is 0 Å². The van der Waals surface area contributed by atoms with Gasteiger partial charge in [0, 0.05) is 11.6 Å². The summed E-state index contributed by atoms with van der Waals surface area (Å²) < 4.78 is 25.4. The van der Waals surface area contributed by atoms with E-state index in [1.807, 2.05) is 24.3 Å². The lowest BCUT2D eigenvalue weighted by Crippen LogP contribution is -2.34. The molecule has 18 heavy (non-hydrogen) atoms. The van der Waals surface area contributed by atoms with Crippen LogP contribution in [0.25, 0.3) is 0 Å². The van der Waals surface area contributed by atoms with Gasteiger partial charge in [0.1, 0.15) is 0 Å². The molecule has 2 rings (SSSR count). The second kappa shape index (κ2) is 5.59. The number of hydrogen-bond acceptors (Lipinski definition) is 2. The highest BCUT2D eigenvalue weighted by Gasteiger charge is 2.30. The highest BCUT2D eigenvalue weighted by molar-refractivity contribution is 7.88. The Kier molecular flexibility index (Phi) is 4.30. The van der Waals surface area contributed by atoms with Crippen LogP contribution in [0.2, 0.25) is 5.02 Å². The van der Waals surface area contributed by atoms with Crippen molar-refractivity contribution in [3.05, 3.63) is 34.9 Å². The number of nitrogens with zero attached hydrogens (tertiary/aromatic N) is 1. The summed E-state index contributed by atoms with van der Waals surface area (Å²) in [6, 6.07) is 7.41. The number of hydrogen-bond donors (Lipinski definition) is 0. The van der Waals surface area contributed by atoms with Crippen LogP contribution in [0.4, 0.5) is 0 Å². The van der Waals surface area contributed by atoms with Crippen molar-refractivity contribution >= 4 is 21.6 Å². The maximum absolute atomic E-state index is 11.9. The van der Waals surface area contributed by atoms with Gasteiger partial charge >= 0.3 is 0 Å². The topological polar surface area (TPSA) is 37.4 Å². The largest absolute Gasteiger partial charge is 0.212 e. The first-order chi connectivity index (χ1) is 8.50. The van der Waals surface area contributed by atoms with E-state index in [1.54, 1.807) is 4.31 Å². The van der Waals surface area contributed by atoms with Gasteiger partial charge in [-0.1, -0.05) is 42.6 Å². The molecule has 1 aliphatic heterocycles. The molecular formula is C13H18ClNO2S. The minimum absolute atomic E-state index is 0.115. The number of benzene rings is 1. The van der Waals surface area contributed by atoms with E-state index in [9.17, 15) is 8.42 Å². The maximum atomic E-state index is 11.9. The quantitative estimate of drug-likeness (QED) is 0.837. The molecule has 0 radical (unpaired) electrons. The average molecular weight is 288 g/mol. The van der Waals surface area contributed by atoms with Gasteiger partial charge < -0.3 is 0 Å². The van der Waals surface area contributed by atoms with Crippen molar-refractivity contribution < 1.29 is 8.42 Å². The molecule has 1 atom stereocenters. The summed E-state index contributed by atoms with van der Waals surface area (Å²) in [6.07, 6.45) is 5.17. The molecular weight excluding hydrogens is 270 g/mol. The van der Waals surface area contributed by atoms with Crippen LogP contribution in [0.5, 0.6) is 0 Å². The van der Waals surface area contributed by atoms with Gasteiger partial charge in [-0.25, -0.2) is 8.42 Å². The summed E-state index contributed by atoms with van der Waals surface area (Å²) in [5.74, 6) is 0. The first-order valence-electron chi connectivity index (χ1n) is 6.21. The van der Waals surface area contributed by atoms with Crippen LogP contribution in [0.1, 0.15) is 37.3 Å². The van der Waals surface area contributed by atoms with Gasteiger partial charge in [-0.05, 0) is 24.5 Å². The summed E-state index contributed by atoms with van der Waals surface area (Å²) in [5.41, 5.74) is 0.923. The number of sulfonamides is 1. The molecule has 100 valence electrons. The first kappa shape index (κ1) is 13.8. The Morgan fingerprint density at radius 1 is 1.22 bits per heavy atom. The summed E-state index contributed by atoms with van der Waals surface area (Å²) >= 11 is 6.20. The fraction of sp³-hybridized carbons (Fsp3) is 0.538. The molecule has 1 heterocycles. The molecule has 1 fully saturated rings. The van der Waals surface area contributed by atoms with Gasteiger partial charge in [0.25, 0.3) is 0 Å². The van der Waals surface area contributed by atoms with E-state index >= 15 is 0 Å². The van der Waals surface area contributed by atoms with Gasteiger partial charge in [0.2, 0.25) is 10.0 Å². The van der Waals surface area contributed by atoms with Crippen molar-refractivity contribution in [2.75, 3.05) is 12.8 Å². The first-order valence-corrected chi connectivity index (χ1v) is 8.44. The lowest BCUT2D eigenvalue weighted by Gasteiger charge is -2.28. The van der Waals surface area contributed by atoms with Crippen molar-refractivity contribution in [2.24, 2.45) is 0 Å². The van der Waals surface area contributed by atoms with Crippen molar-refractivity contribution in [3.8, 4) is 0 Å². The van der Waals surface area contributed by atoms with Gasteiger partial charge in [-0.15, -0.1) is 0 Å². The normalized spacial score (nSPS) is 22.7. The van der Waals surface area contributed by atoms with Crippen LogP contribution in [0.15, 0.2) is 24.3 Å². The molecule has 0 saturated carbocycles. The molecule has 0 unspecified atom stereocenters. The van der Waals surface area contributed by atoms with Crippen LogP contribution in [-0.2, 0) is 10.0 Å². The zero-order valence-corrected chi connectivity index (χ0v) is 12.0. The lowest BCUT2D eigenvalue weighted by atomic mass is 10.0. The molecule has 0 spiro atoms. The van der Waals surface area contributed by atoms with Gasteiger partial charge in [-0.3, -0.25) is 0 Å². The second-order valence-electron chi connectivity index (χ2n) is 4.76. The maximum Gasteiger partial charge on any atom is 0.211 e. The summed E-state index contributed by atoms with van der Waals surface area (Å²) in [4.78, 5) is 0. The molecule has 5 heteroatoms. The average Bonchev–Trinajstić information content (AvgIpc) is 2.54. The molecule has 1 aromatic carbocycles. The Labute approximate surface area is 114 Å². The molecule has 1 saturated heterocycles. The third-order valence-corrected chi connectivity index (χ3v) is 5.03. The Morgan fingerprint density at radius 3 is 2.61 bits per heavy atom. The van der Waals surface area contributed by atoms with Gasteiger partial charge in [-0.2, -0.15) is 4.31 Å². The molecule has 3 nitrogen and oxygen atoms in total. The summed E-state index contributed by atoms with van der Waals surface area (Å²) in [6.45, 7) is 0.592. The van der Waals surface area contributed by atoms with Crippen LogP contribution in [-0.4, -0.2) is 25.5 Å². The predicted molar refractivity (Wildman–Crippen MR) is 74.2 cm³/mol. The van der Waals surface area contributed by atoms with E-state index in [0.29, 0.717) is 11.6 Å². The second-order valence-corrected chi connectivity index (χ2v) is 7.10. The molecule has 0 aromatic heterocycles. The number of rotatable bonds is 2. The molecule has 0 amide bonds. The van der Waals surface area contributed by atoms with Crippen LogP contribution < -0.4 is 0 Å². The lowest BCUT2D eigenvalue weighted by molar-refractivity contribution is 0.331. The van der Waals surface area contributed by atoms with E-state index < -0.39 is 10.0 Å². The molecule has 1 aliphatic rings. The Bertz CT molecular complexity index is 515. The molecule has 0 N–H and O–H groups in total. The minimum atomic E-state index is -3.19. The van der Waals surface area contributed by atoms with Crippen molar-refractivity contribution in [2.45, 2.75) is 31.7 Å². The Morgan fingerprint density at radius 2 is 1.94 bits per heavy atom. The van der Waals surface area contributed by atoms with E-state index in [0.717, 1.165) is 31.2 Å². The minimum Gasteiger partial charge on any atom is -0.212 e. The Balaban J connectivity index is 2.41. The third-order valence-electron chi connectivity index (χ3n) is 3.39. The van der Waals surface area contributed by atoms with Crippen molar-refractivity contribution in [1.29, 1.82) is 0 Å². The van der Waals surface area contributed by atoms with Gasteiger partial charge in [0.15, 0.2) is 0 Å². The highest BCUT2D eigenvalue weighted by atomic mass is 35.5. The van der Waals surface area contributed by atoms with E-state index in [-0.39, 0.29) is 6.04 Å². The van der Waals surface area contributed by atoms with E-state index in [1.165, 1.54) is 6.26 Å². The fourth-order valence-electron chi connectivity index (χ4n) is 2.53. The predicted octanol–water partition coefficient (Wildman–Crippen LogP) is 3.22. The summed E-state index contributed by atoms with van der Waals surface area (Å²) in [5, 5.41) is 0.651. The molecule has 0 bridgehead atoms. The highest BCUT2D eigenvalue weighted by Crippen LogP contribution is 2.35. The standard InChI is InChI=1S/C13H18ClNO2S/c1-18(16,17)15-10-6-2-3-9-13(15)11-7-4-5-8-12(11)14/h4-5,7-8,13H,2-3,6,9-10H2,1H3/t13-/m0/s1. The van der Waals surface area contributed by atoms with Gasteiger partial charge in [0.05, 0.1) is 12.3 Å². The van der Waals surface area contributed by atoms with Crippen molar-refractivity contribution in [1.82, 2.24) is 4.31 Å². The third kappa shape index (κ3) is 3.05. The SMILES string of the molecule is CS(=O)(=O)N1CCCCC[C@H]1c1ccccc1Cl. The fourth-order valence-corrected chi connectivity index (χ4v) is 3.94. The monoisotopic (exact) mass is 287 g/mol. The molecule has 0 aliphatic carbocycles. The zero-order chi connectivity index (χ0) is 13.2. The van der Waals surface area contributed by atoms with E-state index in [4.69, 9.17) is 11.6 Å². The van der Waals surface area contributed by atoms with Crippen LogP contribution >= 0.6 is 11.6 Å². The van der Waals surface area contributed by atoms with Crippen LogP contribution in [0, 0.1) is 0 Å². The smallest absolute Gasteiger partial charge is 0.211 e. The number of halogens is 1. The van der Waals surface area contributed by atoms with Crippen LogP contribution in [0.3, 0.4) is 0 Å². The molecule has 1 aromatic rings. The van der Waals surface area contributed by atoms with E-state index in [2.05, 4.69) is 0 Å². The Hall–Kier alpha value is -0.580. The summed E-state index contributed by atoms with van der Waals surface area (Å²) in [7, 11) is -3.19. The zero-order valence-electron chi connectivity index (χ0n) is 10.5.